The Morgan fingerprint density at radius 2 is 1.74 bits per heavy atom. The molecular weight excluding hydrogens is 300 g/mol. The van der Waals surface area contributed by atoms with E-state index in [9.17, 15) is 19.2 Å². The number of aryl methyl sites for hydroxylation is 1. The van der Waals surface area contributed by atoms with Crippen molar-refractivity contribution in [2.45, 2.75) is 19.3 Å². The zero-order valence-corrected chi connectivity index (χ0v) is 12.0. The molecule has 4 rings (SSSR count). The fraction of sp³-hybridized carbons (Fsp3) is 0.176. The number of hydrogen-bond donors (Lipinski definition) is 0. The molecular formula is C17H10O6. The van der Waals surface area contributed by atoms with Crippen LogP contribution in [0.4, 0.5) is 0 Å². The largest absolute Gasteiger partial charge is 0.393 e. The number of carbonyl (C=O) groups is 4. The van der Waals surface area contributed by atoms with Gasteiger partial charge in [0.15, 0.2) is 0 Å². The number of fused-ring (bicyclic) bond motifs is 3. The molecule has 0 N–H and O–H groups in total. The highest BCUT2D eigenvalue weighted by Gasteiger charge is 2.39. The number of ether oxygens (including phenoxy) is 2. The van der Waals surface area contributed by atoms with E-state index in [2.05, 4.69) is 9.47 Å². The van der Waals surface area contributed by atoms with Crippen molar-refractivity contribution >= 4 is 34.6 Å². The Morgan fingerprint density at radius 1 is 0.957 bits per heavy atom. The number of benzene rings is 2. The summed E-state index contributed by atoms with van der Waals surface area (Å²) >= 11 is 0. The summed E-state index contributed by atoms with van der Waals surface area (Å²) in [7, 11) is 0. The van der Waals surface area contributed by atoms with Crippen LogP contribution in [0.25, 0.3) is 10.8 Å². The Kier molecular flexibility index (Phi) is 2.66. The maximum absolute atomic E-state index is 12.0. The van der Waals surface area contributed by atoms with E-state index in [0.717, 1.165) is 5.56 Å². The molecule has 1 unspecified atom stereocenters. The van der Waals surface area contributed by atoms with Crippen LogP contribution in [0.5, 0.6) is 0 Å². The molecule has 0 saturated carbocycles. The summed E-state index contributed by atoms with van der Waals surface area (Å²) in [6, 6.07) is 6.83. The van der Waals surface area contributed by atoms with E-state index in [0.29, 0.717) is 16.3 Å². The van der Waals surface area contributed by atoms with Crippen LogP contribution in [-0.4, -0.2) is 23.9 Å². The van der Waals surface area contributed by atoms with Gasteiger partial charge in [-0.05, 0) is 29.3 Å². The first-order chi connectivity index (χ1) is 11.0. The molecule has 2 aliphatic heterocycles. The molecule has 0 amide bonds. The Balaban J connectivity index is 2.07. The van der Waals surface area contributed by atoms with Crippen LogP contribution in [0.1, 0.15) is 44.2 Å². The third-order valence-corrected chi connectivity index (χ3v) is 4.18. The summed E-state index contributed by atoms with van der Waals surface area (Å²) in [6.07, 6.45) is -0.0798. The van der Waals surface area contributed by atoms with E-state index < -0.39 is 29.8 Å². The van der Waals surface area contributed by atoms with Crippen molar-refractivity contribution in [3.8, 4) is 0 Å². The van der Waals surface area contributed by atoms with Crippen molar-refractivity contribution in [3.63, 3.8) is 0 Å². The smallest absolute Gasteiger partial charge is 0.347 e. The lowest BCUT2D eigenvalue weighted by molar-refractivity contribution is -0.152. The number of hydrogen-bond acceptors (Lipinski definition) is 6. The van der Waals surface area contributed by atoms with Gasteiger partial charge in [-0.1, -0.05) is 23.8 Å². The molecule has 2 aromatic carbocycles. The molecule has 2 aliphatic rings. The molecule has 1 saturated heterocycles. The molecule has 1 atom stereocenters. The summed E-state index contributed by atoms with van der Waals surface area (Å²) < 4.78 is 9.29. The summed E-state index contributed by atoms with van der Waals surface area (Å²) in [6.45, 7) is 1.86. The molecule has 23 heavy (non-hydrogen) atoms. The maximum Gasteiger partial charge on any atom is 0.347 e. The average Bonchev–Trinajstić information content (AvgIpc) is 2.97. The second-order valence-electron chi connectivity index (χ2n) is 5.66. The lowest BCUT2D eigenvalue weighted by atomic mass is 9.87. The van der Waals surface area contributed by atoms with Gasteiger partial charge >= 0.3 is 23.9 Å². The van der Waals surface area contributed by atoms with Crippen molar-refractivity contribution in [3.05, 3.63) is 46.5 Å². The number of cyclic esters (lactones) is 4. The molecule has 0 aromatic heterocycles. The summed E-state index contributed by atoms with van der Waals surface area (Å²) in [5.74, 6) is -3.46. The van der Waals surface area contributed by atoms with E-state index in [-0.39, 0.29) is 17.5 Å². The average molecular weight is 310 g/mol. The van der Waals surface area contributed by atoms with E-state index >= 15 is 0 Å². The van der Waals surface area contributed by atoms with Crippen LogP contribution in [-0.2, 0) is 19.1 Å². The first-order valence-electron chi connectivity index (χ1n) is 7.04. The highest BCUT2D eigenvalue weighted by Crippen LogP contribution is 2.38. The lowest BCUT2D eigenvalue weighted by Gasteiger charge is -2.12. The van der Waals surface area contributed by atoms with Gasteiger partial charge < -0.3 is 9.47 Å². The highest BCUT2D eigenvalue weighted by atomic mass is 16.6. The molecule has 0 aliphatic carbocycles. The van der Waals surface area contributed by atoms with Gasteiger partial charge in [0.05, 0.1) is 23.5 Å². The van der Waals surface area contributed by atoms with Crippen LogP contribution in [0.15, 0.2) is 24.3 Å². The van der Waals surface area contributed by atoms with E-state index in [1.165, 1.54) is 6.07 Å². The van der Waals surface area contributed by atoms with Crippen molar-refractivity contribution in [2.75, 3.05) is 0 Å². The molecule has 0 bridgehead atoms. The zero-order chi connectivity index (χ0) is 16.3. The first kappa shape index (κ1) is 13.6. The third-order valence-electron chi connectivity index (χ3n) is 4.18. The van der Waals surface area contributed by atoms with Gasteiger partial charge in [-0.15, -0.1) is 0 Å². The molecule has 6 nitrogen and oxygen atoms in total. The molecule has 2 heterocycles. The predicted molar refractivity (Wildman–Crippen MR) is 76.9 cm³/mol. The number of esters is 4. The van der Waals surface area contributed by atoms with Crippen LogP contribution in [0, 0.1) is 6.92 Å². The van der Waals surface area contributed by atoms with Gasteiger partial charge in [-0.25, -0.2) is 9.59 Å². The third kappa shape index (κ3) is 1.88. The first-order valence-corrected chi connectivity index (χ1v) is 7.04. The minimum atomic E-state index is -0.776. The Morgan fingerprint density at radius 3 is 2.43 bits per heavy atom. The Labute approximate surface area is 130 Å². The molecule has 1 fully saturated rings. The van der Waals surface area contributed by atoms with Crippen LogP contribution in [0.3, 0.4) is 0 Å². The minimum absolute atomic E-state index is 0.0798. The van der Waals surface area contributed by atoms with Gasteiger partial charge in [0.1, 0.15) is 0 Å². The van der Waals surface area contributed by atoms with Crippen molar-refractivity contribution < 1.29 is 28.7 Å². The fourth-order valence-corrected chi connectivity index (χ4v) is 3.14. The maximum atomic E-state index is 12.0. The lowest BCUT2D eigenvalue weighted by Crippen LogP contribution is -2.08. The van der Waals surface area contributed by atoms with Crippen molar-refractivity contribution in [2.24, 2.45) is 0 Å². The Bertz CT molecular complexity index is 940. The second-order valence-corrected chi connectivity index (χ2v) is 5.66. The molecule has 6 heteroatoms. The number of carbonyl (C=O) groups excluding carboxylic acids is 4. The van der Waals surface area contributed by atoms with Crippen LogP contribution < -0.4 is 0 Å². The van der Waals surface area contributed by atoms with Gasteiger partial charge in [0.2, 0.25) is 0 Å². The van der Waals surface area contributed by atoms with E-state index in [1.807, 2.05) is 13.0 Å². The topological polar surface area (TPSA) is 86.7 Å². The molecule has 2 aromatic rings. The highest BCUT2D eigenvalue weighted by molar-refractivity contribution is 6.22. The zero-order valence-electron chi connectivity index (χ0n) is 12.0. The van der Waals surface area contributed by atoms with E-state index in [1.54, 1.807) is 12.1 Å². The SMILES string of the molecule is Cc1ccc2c(C3CC(=O)OC3=O)cc3c(c2c1)C(=O)OC3=O. The van der Waals surface area contributed by atoms with Gasteiger partial charge in [0, 0.05) is 0 Å². The Hall–Kier alpha value is -3.02. The van der Waals surface area contributed by atoms with Gasteiger partial charge in [0.25, 0.3) is 0 Å². The normalized spacial score (nSPS) is 20.0. The minimum Gasteiger partial charge on any atom is -0.393 e. The molecule has 114 valence electrons. The van der Waals surface area contributed by atoms with Crippen LogP contribution >= 0.6 is 0 Å². The van der Waals surface area contributed by atoms with Crippen molar-refractivity contribution in [1.82, 2.24) is 0 Å². The van der Waals surface area contributed by atoms with Gasteiger partial charge in [-0.2, -0.15) is 0 Å². The summed E-state index contributed by atoms with van der Waals surface area (Å²) in [5.41, 5.74) is 1.72. The van der Waals surface area contributed by atoms with Crippen LogP contribution in [0.2, 0.25) is 0 Å². The second kappa shape index (κ2) is 4.49. The van der Waals surface area contributed by atoms with Gasteiger partial charge in [-0.3, -0.25) is 9.59 Å². The summed E-state index contributed by atoms with van der Waals surface area (Å²) in [4.78, 5) is 47.2. The van der Waals surface area contributed by atoms with E-state index in [4.69, 9.17) is 0 Å². The molecule has 0 spiro atoms. The standard InChI is InChI=1S/C17H10O6/c1-7-2-3-8-9(11-6-13(18)22-15(11)19)5-12-14(10(8)4-7)17(21)23-16(12)20/h2-5,11H,6H2,1H3. The quantitative estimate of drug-likeness (QED) is 0.591. The molecule has 0 radical (unpaired) electrons. The predicted octanol–water partition coefficient (Wildman–Crippen LogP) is 2.02. The summed E-state index contributed by atoms with van der Waals surface area (Å²) in [5, 5.41) is 1.18. The number of rotatable bonds is 1. The van der Waals surface area contributed by atoms with Crippen molar-refractivity contribution in [1.29, 1.82) is 0 Å². The monoisotopic (exact) mass is 310 g/mol. The fourth-order valence-electron chi connectivity index (χ4n) is 3.14.